The molecule has 0 saturated heterocycles. The molecule has 0 radical (unpaired) electrons. The molecule has 8 rings (SSSR count). The molecule has 290 valence electrons. The van der Waals surface area contributed by atoms with Crippen LogP contribution in [0.15, 0.2) is 97.1 Å². The molecule has 57 heavy (non-hydrogen) atoms. The molecule has 0 fully saturated rings. The fraction of sp³-hybridized carbons (Fsp3) is 0.156. The van der Waals surface area contributed by atoms with Gasteiger partial charge in [0.25, 0.3) is 0 Å². The highest BCUT2D eigenvalue weighted by Crippen LogP contribution is 2.60. The largest absolute Gasteiger partial charge is 0.508 e. The van der Waals surface area contributed by atoms with Crippen molar-refractivity contribution >= 4 is 11.6 Å². The molecule has 9 N–H and O–H groups in total. The van der Waals surface area contributed by atoms with Crippen LogP contribution in [-0.2, 0) is 6.61 Å². The van der Waals surface area contributed by atoms with Crippen LogP contribution in [0, 0.1) is 0 Å². The standard InChI is InChI=1S/C45H38O12/c1-55-38-14-22(3-5-35(38)52)42-40(24-10-27(47)16-28(48)11-24)32(33-18-31(51)19-37(54)43(33)42)8-21-7-26(20-46)44-34(9-21)41(25-12-29(49)17-30(50)13-25)45(57-44)23-4-6-36(53)39(15-23)56-2/h3-19,40-42,45-54H,20H2,1-2H3/t40-,41-,42+,45+/m1/s1. The van der Waals surface area contributed by atoms with Gasteiger partial charge in [0.15, 0.2) is 23.0 Å². The lowest BCUT2D eigenvalue weighted by atomic mass is 9.79. The molecule has 6 aromatic rings. The second kappa shape index (κ2) is 14.2. The summed E-state index contributed by atoms with van der Waals surface area (Å²) in [5.74, 6) is -2.74. The summed E-state index contributed by atoms with van der Waals surface area (Å²) in [7, 11) is 2.84. The third-order valence-electron chi connectivity index (χ3n) is 10.7. The number of rotatable bonds is 8. The number of phenolic OH excluding ortho intramolecular Hbond substituents is 8. The van der Waals surface area contributed by atoms with E-state index >= 15 is 0 Å². The summed E-state index contributed by atoms with van der Waals surface area (Å²) in [5, 5.41) is 96.7. The zero-order chi connectivity index (χ0) is 40.3. The van der Waals surface area contributed by atoms with Gasteiger partial charge in [0.05, 0.1) is 26.7 Å². The number of methoxy groups -OCH3 is 2. The maximum Gasteiger partial charge on any atom is 0.160 e. The predicted octanol–water partition coefficient (Wildman–Crippen LogP) is 7.58. The van der Waals surface area contributed by atoms with E-state index in [1.165, 1.54) is 74.9 Å². The summed E-state index contributed by atoms with van der Waals surface area (Å²) < 4.78 is 17.4. The minimum absolute atomic E-state index is 0.0825. The monoisotopic (exact) mass is 770 g/mol. The highest BCUT2D eigenvalue weighted by Gasteiger charge is 2.43. The third-order valence-corrected chi connectivity index (χ3v) is 10.7. The first kappa shape index (κ1) is 36.8. The number of benzene rings is 6. The van der Waals surface area contributed by atoms with Gasteiger partial charge in [0.2, 0.25) is 0 Å². The summed E-state index contributed by atoms with van der Waals surface area (Å²) in [6, 6.07) is 24.3. The molecule has 4 atom stereocenters. The Balaban J connectivity index is 1.38. The van der Waals surface area contributed by atoms with Crippen LogP contribution in [0.2, 0.25) is 0 Å². The molecule has 2 aliphatic rings. The van der Waals surface area contributed by atoms with Crippen molar-refractivity contribution < 1.29 is 60.2 Å². The summed E-state index contributed by atoms with van der Waals surface area (Å²) >= 11 is 0. The molecule has 12 heteroatoms. The molecule has 12 nitrogen and oxygen atoms in total. The minimum Gasteiger partial charge on any atom is -0.508 e. The SMILES string of the molecule is COc1cc([C@@H]2c3c(O)cc(O)cc3C(=Cc3cc(CO)c4c(c3)[C@@H](c3cc(O)cc(O)c3)[C@H](c3ccc(O)c(OC)c3)O4)[C@H]2c2cc(O)cc(O)c2)ccc1O. The van der Waals surface area contributed by atoms with Crippen molar-refractivity contribution in [2.45, 2.75) is 30.5 Å². The van der Waals surface area contributed by atoms with Gasteiger partial charge in [-0.25, -0.2) is 0 Å². The van der Waals surface area contributed by atoms with Crippen molar-refractivity contribution in [2.75, 3.05) is 14.2 Å². The fourth-order valence-corrected chi connectivity index (χ4v) is 8.42. The number of aromatic hydroxyl groups is 8. The lowest BCUT2D eigenvalue weighted by Crippen LogP contribution is -2.11. The Labute approximate surface area is 326 Å². The Kier molecular flexibility index (Phi) is 9.13. The molecule has 0 aromatic heterocycles. The van der Waals surface area contributed by atoms with Crippen LogP contribution in [0.25, 0.3) is 11.6 Å². The van der Waals surface area contributed by atoms with Gasteiger partial charge in [-0.15, -0.1) is 0 Å². The van der Waals surface area contributed by atoms with E-state index in [9.17, 15) is 46.0 Å². The van der Waals surface area contributed by atoms with Crippen LogP contribution in [-0.4, -0.2) is 60.2 Å². The second-order valence-electron chi connectivity index (χ2n) is 14.2. The molecular weight excluding hydrogens is 732 g/mol. The number of aliphatic hydroxyl groups is 1. The molecular formula is C45H38O12. The Morgan fingerprint density at radius 1 is 0.544 bits per heavy atom. The van der Waals surface area contributed by atoms with Gasteiger partial charge in [-0.3, -0.25) is 0 Å². The van der Waals surface area contributed by atoms with E-state index in [0.29, 0.717) is 61.4 Å². The van der Waals surface area contributed by atoms with E-state index in [4.69, 9.17) is 14.2 Å². The Morgan fingerprint density at radius 3 is 1.67 bits per heavy atom. The molecule has 1 aliphatic carbocycles. The van der Waals surface area contributed by atoms with Gasteiger partial charge in [0, 0.05) is 46.7 Å². The lowest BCUT2D eigenvalue weighted by Gasteiger charge is -2.24. The van der Waals surface area contributed by atoms with E-state index in [0.717, 1.165) is 0 Å². The summed E-state index contributed by atoms with van der Waals surface area (Å²) in [6.07, 6.45) is 1.05. The van der Waals surface area contributed by atoms with E-state index in [1.807, 2.05) is 12.1 Å². The molecule has 0 unspecified atom stereocenters. The fourth-order valence-electron chi connectivity index (χ4n) is 8.42. The topological polar surface area (TPSA) is 210 Å². The van der Waals surface area contributed by atoms with E-state index in [1.54, 1.807) is 30.3 Å². The van der Waals surface area contributed by atoms with Crippen molar-refractivity contribution in [1.82, 2.24) is 0 Å². The third kappa shape index (κ3) is 6.45. The second-order valence-corrected chi connectivity index (χ2v) is 14.2. The van der Waals surface area contributed by atoms with E-state index in [2.05, 4.69) is 0 Å². The molecule has 0 spiro atoms. The average molecular weight is 771 g/mol. The molecule has 1 aliphatic heterocycles. The lowest BCUT2D eigenvalue weighted by molar-refractivity contribution is 0.211. The Morgan fingerprint density at radius 2 is 1.09 bits per heavy atom. The number of ether oxygens (including phenoxy) is 3. The Bertz CT molecular complexity index is 2560. The van der Waals surface area contributed by atoms with Crippen LogP contribution >= 0.6 is 0 Å². The summed E-state index contributed by atoms with van der Waals surface area (Å²) in [5.41, 5.74) is 5.18. The highest BCUT2D eigenvalue weighted by atomic mass is 16.5. The van der Waals surface area contributed by atoms with Crippen LogP contribution in [0.5, 0.6) is 63.2 Å². The molecule has 0 saturated carbocycles. The Hall–Kier alpha value is -7.18. The number of fused-ring (bicyclic) bond motifs is 2. The molecule has 6 aromatic carbocycles. The van der Waals surface area contributed by atoms with Crippen LogP contribution in [0.4, 0.5) is 0 Å². The smallest absolute Gasteiger partial charge is 0.160 e. The first-order valence-electron chi connectivity index (χ1n) is 17.9. The van der Waals surface area contributed by atoms with Crippen molar-refractivity contribution in [2.24, 2.45) is 0 Å². The maximum atomic E-state index is 11.5. The zero-order valence-corrected chi connectivity index (χ0v) is 30.6. The minimum atomic E-state index is -0.776. The van der Waals surface area contributed by atoms with E-state index < -0.39 is 30.5 Å². The summed E-state index contributed by atoms with van der Waals surface area (Å²) in [6.45, 7) is -0.444. The quantitative estimate of drug-likeness (QED) is 0.0734. The number of hydrogen-bond donors (Lipinski definition) is 9. The highest BCUT2D eigenvalue weighted by molar-refractivity contribution is 5.93. The molecule has 0 amide bonds. The van der Waals surface area contributed by atoms with Crippen LogP contribution < -0.4 is 14.2 Å². The molecule has 1 heterocycles. The van der Waals surface area contributed by atoms with Gasteiger partial charge in [0.1, 0.15) is 46.4 Å². The van der Waals surface area contributed by atoms with E-state index in [-0.39, 0.29) is 57.5 Å². The summed E-state index contributed by atoms with van der Waals surface area (Å²) in [4.78, 5) is 0. The number of aliphatic hydroxyl groups excluding tert-OH is 1. The number of allylic oxidation sites excluding steroid dienone is 1. The van der Waals surface area contributed by atoms with Crippen molar-refractivity contribution in [3.8, 4) is 63.2 Å². The normalized spacial score (nSPS) is 18.9. The average Bonchev–Trinajstić information content (AvgIpc) is 3.70. The number of phenols is 8. The van der Waals surface area contributed by atoms with Gasteiger partial charge >= 0.3 is 0 Å². The van der Waals surface area contributed by atoms with Gasteiger partial charge in [-0.2, -0.15) is 0 Å². The van der Waals surface area contributed by atoms with Crippen molar-refractivity contribution in [1.29, 1.82) is 0 Å². The first-order valence-corrected chi connectivity index (χ1v) is 17.9. The van der Waals surface area contributed by atoms with Crippen molar-refractivity contribution in [3.63, 3.8) is 0 Å². The van der Waals surface area contributed by atoms with Gasteiger partial charge in [-0.05, 0) is 106 Å². The molecule has 0 bridgehead atoms. The van der Waals surface area contributed by atoms with Crippen molar-refractivity contribution in [3.05, 3.63) is 147 Å². The predicted molar refractivity (Wildman–Crippen MR) is 209 cm³/mol. The first-order chi connectivity index (χ1) is 27.4. The zero-order valence-electron chi connectivity index (χ0n) is 30.6. The van der Waals surface area contributed by atoms with Crippen LogP contribution in [0.1, 0.15) is 73.9 Å². The van der Waals surface area contributed by atoms with Gasteiger partial charge in [-0.1, -0.05) is 18.2 Å². The maximum absolute atomic E-state index is 11.5. The number of hydrogen-bond acceptors (Lipinski definition) is 12. The van der Waals surface area contributed by atoms with Crippen LogP contribution in [0.3, 0.4) is 0 Å². The van der Waals surface area contributed by atoms with Gasteiger partial charge < -0.3 is 60.2 Å².